The molecule has 94 valence electrons. The number of amides is 1. The van der Waals surface area contributed by atoms with Crippen LogP contribution in [0.25, 0.3) is 0 Å². The van der Waals surface area contributed by atoms with Gasteiger partial charge in [0.15, 0.2) is 0 Å². The predicted molar refractivity (Wildman–Crippen MR) is 62.9 cm³/mol. The highest BCUT2D eigenvalue weighted by Gasteiger charge is 2.07. The van der Waals surface area contributed by atoms with Crippen molar-refractivity contribution in [3.8, 4) is 0 Å². The van der Waals surface area contributed by atoms with Gasteiger partial charge in [0, 0.05) is 12.8 Å². The third-order valence-electron chi connectivity index (χ3n) is 2.00. The van der Waals surface area contributed by atoms with Gasteiger partial charge in [-0.05, 0) is 24.3 Å². The number of methoxy groups -OCH3 is 1. The fourth-order valence-electron chi connectivity index (χ4n) is 1.15. The van der Waals surface area contributed by atoms with Gasteiger partial charge >= 0.3 is 0 Å². The highest BCUT2D eigenvalue weighted by Crippen LogP contribution is 2.12. The molecule has 0 radical (unpaired) electrons. The average molecular weight is 258 g/mol. The summed E-state index contributed by atoms with van der Waals surface area (Å²) in [7, 11) is -2.19. The van der Waals surface area contributed by atoms with Crippen LogP contribution in [0.4, 0.5) is 5.69 Å². The highest BCUT2D eigenvalue weighted by molar-refractivity contribution is 7.89. The molecule has 0 bridgehead atoms. The lowest BCUT2D eigenvalue weighted by atomic mass is 10.3. The van der Waals surface area contributed by atoms with Crippen LogP contribution in [0.1, 0.15) is 6.42 Å². The van der Waals surface area contributed by atoms with Gasteiger partial charge in [-0.1, -0.05) is 0 Å². The summed E-state index contributed by atoms with van der Waals surface area (Å²) < 4.78 is 26.7. The van der Waals surface area contributed by atoms with Crippen LogP contribution in [0.3, 0.4) is 0 Å². The SMILES string of the molecule is COCCC(=O)Nc1ccc(S(N)(=O)=O)cc1. The van der Waals surface area contributed by atoms with Crippen LogP contribution in [0.15, 0.2) is 29.2 Å². The Bertz CT molecular complexity index is 482. The van der Waals surface area contributed by atoms with Gasteiger partial charge in [0.25, 0.3) is 0 Å². The zero-order chi connectivity index (χ0) is 12.9. The molecule has 0 unspecified atom stereocenters. The van der Waals surface area contributed by atoms with E-state index in [0.29, 0.717) is 12.3 Å². The van der Waals surface area contributed by atoms with E-state index in [0.717, 1.165) is 0 Å². The maximum Gasteiger partial charge on any atom is 0.238 e. The average Bonchev–Trinajstić information content (AvgIpc) is 2.26. The third kappa shape index (κ3) is 4.51. The summed E-state index contributed by atoms with van der Waals surface area (Å²) in [5.74, 6) is -0.199. The molecule has 1 amide bonds. The van der Waals surface area contributed by atoms with Gasteiger partial charge in [0.05, 0.1) is 17.9 Å². The minimum absolute atomic E-state index is 0.00684. The van der Waals surface area contributed by atoms with Crippen LogP contribution in [0.2, 0.25) is 0 Å². The monoisotopic (exact) mass is 258 g/mol. The maximum absolute atomic E-state index is 11.3. The van der Waals surface area contributed by atoms with E-state index in [-0.39, 0.29) is 17.2 Å². The lowest BCUT2D eigenvalue weighted by molar-refractivity contribution is -0.117. The summed E-state index contributed by atoms with van der Waals surface area (Å²) in [6.07, 6.45) is 0.243. The molecule has 0 aliphatic carbocycles. The highest BCUT2D eigenvalue weighted by atomic mass is 32.2. The van der Waals surface area contributed by atoms with Gasteiger partial charge in [-0.25, -0.2) is 13.6 Å². The number of anilines is 1. The van der Waals surface area contributed by atoms with E-state index in [1.54, 1.807) is 0 Å². The number of nitrogens with one attached hydrogen (secondary N) is 1. The molecule has 1 aromatic carbocycles. The molecule has 0 spiro atoms. The molecule has 1 rings (SSSR count). The molecule has 0 heterocycles. The second-order valence-corrected chi connectivity index (χ2v) is 4.92. The second kappa shape index (κ2) is 5.76. The number of sulfonamides is 1. The summed E-state index contributed by atoms with van der Waals surface area (Å²) in [5, 5.41) is 7.54. The Hall–Kier alpha value is -1.44. The molecule has 3 N–H and O–H groups in total. The molecule has 0 saturated heterocycles. The molecular weight excluding hydrogens is 244 g/mol. The molecule has 6 nitrogen and oxygen atoms in total. The number of carbonyl (C=O) groups is 1. The van der Waals surface area contributed by atoms with Crippen molar-refractivity contribution in [2.24, 2.45) is 5.14 Å². The van der Waals surface area contributed by atoms with Crippen molar-refractivity contribution in [3.63, 3.8) is 0 Å². The first kappa shape index (κ1) is 13.6. The van der Waals surface area contributed by atoms with E-state index in [1.807, 2.05) is 0 Å². The second-order valence-electron chi connectivity index (χ2n) is 3.36. The van der Waals surface area contributed by atoms with Gasteiger partial charge in [-0.2, -0.15) is 0 Å². The topological polar surface area (TPSA) is 98.5 Å². The molecule has 0 aromatic heterocycles. The van der Waals surface area contributed by atoms with Gasteiger partial charge in [-0.3, -0.25) is 4.79 Å². The van der Waals surface area contributed by atoms with Gasteiger partial charge in [-0.15, -0.1) is 0 Å². The quantitative estimate of drug-likeness (QED) is 0.794. The zero-order valence-electron chi connectivity index (χ0n) is 9.34. The van der Waals surface area contributed by atoms with E-state index in [2.05, 4.69) is 5.32 Å². The van der Waals surface area contributed by atoms with Crippen molar-refractivity contribution < 1.29 is 17.9 Å². The first-order valence-corrected chi connectivity index (χ1v) is 6.40. The Morgan fingerprint density at radius 3 is 2.41 bits per heavy atom. The number of hydrogen-bond acceptors (Lipinski definition) is 4. The van der Waals surface area contributed by atoms with Crippen molar-refractivity contribution >= 4 is 21.6 Å². The van der Waals surface area contributed by atoms with E-state index in [4.69, 9.17) is 9.88 Å². The summed E-state index contributed by atoms with van der Waals surface area (Å²) in [5.41, 5.74) is 0.513. The summed E-state index contributed by atoms with van der Waals surface area (Å²) >= 11 is 0. The van der Waals surface area contributed by atoms with E-state index in [9.17, 15) is 13.2 Å². The number of rotatable bonds is 5. The Balaban J connectivity index is 2.66. The lowest BCUT2D eigenvalue weighted by Gasteiger charge is -2.05. The minimum Gasteiger partial charge on any atom is -0.384 e. The number of hydrogen-bond donors (Lipinski definition) is 2. The summed E-state index contributed by atoms with van der Waals surface area (Å²) in [6, 6.07) is 5.62. The van der Waals surface area contributed by atoms with Crippen molar-refractivity contribution in [1.82, 2.24) is 0 Å². The van der Waals surface area contributed by atoms with E-state index in [1.165, 1.54) is 31.4 Å². The number of ether oxygens (including phenoxy) is 1. The molecule has 17 heavy (non-hydrogen) atoms. The summed E-state index contributed by atoms with van der Waals surface area (Å²) in [4.78, 5) is 11.3. The lowest BCUT2D eigenvalue weighted by Crippen LogP contribution is -2.14. The van der Waals surface area contributed by atoms with Crippen LogP contribution in [-0.2, 0) is 19.6 Å². The Morgan fingerprint density at radius 1 is 1.35 bits per heavy atom. The Morgan fingerprint density at radius 2 is 1.94 bits per heavy atom. The number of primary sulfonamides is 1. The molecular formula is C10H14N2O4S. The molecule has 0 aliphatic heterocycles. The third-order valence-corrected chi connectivity index (χ3v) is 2.93. The molecule has 0 saturated carbocycles. The first-order valence-electron chi connectivity index (χ1n) is 4.85. The van der Waals surface area contributed by atoms with Crippen molar-refractivity contribution in [1.29, 1.82) is 0 Å². The first-order chi connectivity index (χ1) is 7.93. The maximum atomic E-state index is 11.3. The summed E-state index contributed by atoms with van der Waals surface area (Å²) in [6.45, 7) is 0.334. The van der Waals surface area contributed by atoms with Gasteiger partial charge < -0.3 is 10.1 Å². The van der Waals surface area contributed by atoms with E-state index >= 15 is 0 Å². The van der Waals surface area contributed by atoms with Crippen molar-refractivity contribution in [2.45, 2.75) is 11.3 Å². The zero-order valence-corrected chi connectivity index (χ0v) is 10.2. The van der Waals surface area contributed by atoms with Crippen LogP contribution in [0, 0.1) is 0 Å². The van der Waals surface area contributed by atoms with Gasteiger partial charge in [0.2, 0.25) is 15.9 Å². The number of nitrogens with two attached hydrogens (primary N) is 1. The molecule has 1 aromatic rings. The number of benzene rings is 1. The number of carbonyl (C=O) groups excluding carboxylic acids is 1. The molecule has 0 fully saturated rings. The normalized spacial score (nSPS) is 11.2. The predicted octanol–water partition coefficient (Wildman–Crippen LogP) is 0.309. The van der Waals surface area contributed by atoms with Crippen molar-refractivity contribution in [3.05, 3.63) is 24.3 Å². The van der Waals surface area contributed by atoms with Gasteiger partial charge in [0.1, 0.15) is 0 Å². The minimum atomic E-state index is -3.69. The molecule has 7 heteroatoms. The Kier molecular flexibility index (Phi) is 4.62. The van der Waals surface area contributed by atoms with Crippen molar-refractivity contribution in [2.75, 3.05) is 19.0 Å². The standard InChI is InChI=1S/C10H14N2O4S/c1-16-7-6-10(13)12-8-2-4-9(5-3-8)17(11,14)15/h2-5H,6-7H2,1H3,(H,12,13)(H2,11,14,15). The van der Waals surface area contributed by atoms with Crippen LogP contribution >= 0.6 is 0 Å². The van der Waals surface area contributed by atoms with Crippen LogP contribution in [0.5, 0.6) is 0 Å². The van der Waals surface area contributed by atoms with E-state index < -0.39 is 10.0 Å². The fourth-order valence-corrected chi connectivity index (χ4v) is 1.66. The Labute approximate surface area is 99.8 Å². The fraction of sp³-hybridized carbons (Fsp3) is 0.300. The largest absolute Gasteiger partial charge is 0.384 e. The molecule has 0 atom stereocenters. The smallest absolute Gasteiger partial charge is 0.238 e. The molecule has 0 aliphatic rings. The van der Waals surface area contributed by atoms with Crippen LogP contribution < -0.4 is 10.5 Å². The van der Waals surface area contributed by atoms with Crippen LogP contribution in [-0.4, -0.2) is 28.0 Å².